The summed E-state index contributed by atoms with van der Waals surface area (Å²) in [6, 6.07) is 20.8. The van der Waals surface area contributed by atoms with Gasteiger partial charge in [0.1, 0.15) is 12.1 Å². The summed E-state index contributed by atoms with van der Waals surface area (Å²) in [6.45, 7) is 6.08. The van der Waals surface area contributed by atoms with Crippen LogP contribution in [-0.4, -0.2) is 44.1 Å². The Balaban J connectivity index is 1.24. The van der Waals surface area contributed by atoms with Gasteiger partial charge in [0, 0.05) is 28.7 Å². The molecule has 0 aliphatic carbocycles. The first-order valence-electron chi connectivity index (χ1n) is 14.1. The molecule has 8 nitrogen and oxygen atoms in total. The summed E-state index contributed by atoms with van der Waals surface area (Å²) >= 11 is 1.59. The number of nitrogens with zero attached hydrogens (tertiary/aromatic N) is 5. The van der Waals surface area contributed by atoms with Crippen LogP contribution in [0.4, 0.5) is 23.7 Å². The number of aromatic nitrogens is 3. The highest BCUT2D eigenvalue weighted by Crippen LogP contribution is 2.32. The lowest BCUT2D eigenvalue weighted by Gasteiger charge is -2.36. The lowest BCUT2D eigenvalue weighted by Crippen LogP contribution is -2.42. The number of alkyl halides is 3. The van der Waals surface area contributed by atoms with E-state index in [2.05, 4.69) is 56.0 Å². The standard InChI is InChI=1S/C32H31F3N6O2S/c1-4-24-7-5-6-8-28(24)41-22(3)17-18-44-31(41)38-30(42)37-21(2)19-23-9-11-25(12-10-23)29-36-20-40(39-29)26-13-15-27(16-14-26)43-32(33,34)35/h5-16,19-20,22H,4,17-18H2,1-3H3,(H,37,42)/b21-19+,38-31?. The molecule has 12 heteroatoms. The number of nitrogens with one attached hydrogen (secondary N) is 1. The summed E-state index contributed by atoms with van der Waals surface area (Å²) in [5.74, 6) is 1.03. The second-order valence-corrected chi connectivity index (χ2v) is 11.2. The van der Waals surface area contributed by atoms with E-state index in [1.165, 1.54) is 40.8 Å². The molecule has 44 heavy (non-hydrogen) atoms. The van der Waals surface area contributed by atoms with Gasteiger partial charge in [-0.2, -0.15) is 4.99 Å². The molecule has 1 N–H and O–H groups in total. The fourth-order valence-electron chi connectivity index (χ4n) is 4.80. The van der Waals surface area contributed by atoms with Gasteiger partial charge in [0.05, 0.1) is 5.69 Å². The van der Waals surface area contributed by atoms with Crippen LogP contribution in [0.15, 0.2) is 89.8 Å². The van der Waals surface area contributed by atoms with E-state index in [-0.39, 0.29) is 11.8 Å². The number of amidine groups is 1. The first-order valence-corrected chi connectivity index (χ1v) is 15.0. The molecular weight excluding hydrogens is 589 g/mol. The van der Waals surface area contributed by atoms with E-state index in [1.807, 2.05) is 42.5 Å². The van der Waals surface area contributed by atoms with Crippen LogP contribution in [0.3, 0.4) is 0 Å². The maximum absolute atomic E-state index is 12.9. The monoisotopic (exact) mass is 620 g/mol. The predicted octanol–water partition coefficient (Wildman–Crippen LogP) is 7.85. The summed E-state index contributed by atoms with van der Waals surface area (Å²) in [6.07, 6.45) is 0.469. The van der Waals surface area contributed by atoms with E-state index >= 15 is 0 Å². The number of halogens is 3. The molecule has 1 unspecified atom stereocenters. The van der Waals surface area contributed by atoms with Crippen LogP contribution in [-0.2, 0) is 6.42 Å². The summed E-state index contributed by atoms with van der Waals surface area (Å²) in [5.41, 5.74) is 5.08. The molecule has 228 valence electrons. The number of hydrogen-bond acceptors (Lipinski definition) is 5. The number of amides is 2. The van der Waals surface area contributed by atoms with Gasteiger partial charge in [-0.25, -0.2) is 14.5 Å². The van der Waals surface area contributed by atoms with Crippen molar-refractivity contribution < 1.29 is 22.7 Å². The number of ether oxygens (including phenoxy) is 1. The van der Waals surface area contributed by atoms with E-state index in [1.54, 1.807) is 18.7 Å². The molecule has 1 aromatic heterocycles. The second kappa shape index (κ2) is 13.4. The van der Waals surface area contributed by atoms with Crippen molar-refractivity contribution in [2.45, 2.75) is 46.0 Å². The molecular formula is C32H31F3N6O2S. The van der Waals surface area contributed by atoms with E-state index in [0.29, 0.717) is 22.4 Å². The zero-order valence-electron chi connectivity index (χ0n) is 24.4. The molecule has 2 heterocycles. The summed E-state index contributed by atoms with van der Waals surface area (Å²) in [5, 5.41) is 8.00. The Morgan fingerprint density at radius 3 is 2.55 bits per heavy atom. The highest BCUT2D eigenvalue weighted by molar-refractivity contribution is 8.14. The van der Waals surface area contributed by atoms with Crippen molar-refractivity contribution in [3.05, 3.63) is 95.9 Å². The predicted molar refractivity (Wildman–Crippen MR) is 168 cm³/mol. The molecule has 1 aliphatic rings. The number of carbonyl (C=O) groups excluding carboxylic acids is 1. The van der Waals surface area contributed by atoms with Gasteiger partial charge in [0.15, 0.2) is 11.0 Å². The van der Waals surface area contributed by atoms with Gasteiger partial charge >= 0.3 is 12.4 Å². The normalized spacial score (nSPS) is 16.7. The Bertz CT molecular complexity index is 1670. The largest absolute Gasteiger partial charge is 0.573 e. The Morgan fingerprint density at radius 1 is 1.11 bits per heavy atom. The van der Waals surface area contributed by atoms with Gasteiger partial charge < -0.3 is 15.0 Å². The Morgan fingerprint density at radius 2 is 1.84 bits per heavy atom. The molecule has 0 spiro atoms. The Labute approximate surface area is 257 Å². The molecule has 0 bridgehead atoms. The minimum atomic E-state index is -4.75. The van der Waals surface area contributed by atoms with E-state index < -0.39 is 12.4 Å². The first kappa shape index (κ1) is 30.9. The average Bonchev–Trinajstić information content (AvgIpc) is 3.47. The van der Waals surface area contributed by atoms with Crippen LogP contribution in [0, 0.1) is 0 Å². The number of para-hydroxylation sites is 1. The number of thioether (sulfide) groups is 1. The van der Waals surface area contributed by atoms with E-state index in [9.17, 15) is 18.0 Å². The third-order valence-corrected chi connectivity index (χ3v) is 7.91. The van der Waals surface area contributed by atoms with Gasteiger partial charge in [0.2, 0.25) is 0 Å². The average molecular weight is 621 g/mol. The number of urea groups is 1. The number of benzene rings is 3. The van der Waals surface area contributed by atoms with Crippen LogP contribution < -0.4 is 15.0 Å². The van der Waals surface area contributed by atoms with Crippen molar-refractivity contribution in [1.82, 2.24) is 20.1 Å². The molecule has 3 aromatic carbocycles. The molecule has 1 aliphatic heterocycles. The van der Waals surface area contributed by atoms with Crippen molar-refractivity contribution in [2.24, 2.45) is 4.99 Å². The molecule has 1 saturated heterocycles. The van der Waals surface area contributed by atoms with Crippen molar-refractivity contribution in [3.8, 4) is 22.8 Å². The Kier molecular flexibility index (Phi) is 9.38. The number of aryl methyl sites for hydroxylation is 1. The number of rotatable bonds is 7. The van der Waals surface area contributed by atoms with E-state index in [0.717, 1.165) is 35.4 Å². The third kappa shape index (κ3) is 7.67. The van der Waals surface area contributed by atoms with Gasteiger partial charge in [-0.3, -0.25) is 0 Å². The highest BCUT2D eigenvalue weighted by atomic mass is 32.2. The minimum absolute atomic E-state index is 0.227. The summed E-state index contributed by atoms with van der Waals surface area (Å²) in [4.78, 5) is 23.9. The van der Waals surface area contributed by atoms with Gasteiger partial charge in [-0.05, 0) is 74.2 Å². The van der Waals surface area contributed by atoms with Crippen LogP contribution in [0.1, 0.15) is 38.3 Å². The number of carbonyl (C=O) groups is 1. The quantitative estimate of drug-likeness (QED) is 0.227. The third-order valence-electron chi connectivity index (χ3n) is 6.93. The topological polar surface area (TPSA) is 84.6 Å². The molecule has 0 saturated carbocycles. The first-order chi connectivity index (χ1) is 21.1. The van der Waals surface area contributed by atoms with Gasteiger partial charge in [0.25, 0.3) is 0 Å². The molecule has 2 amide bonds. The smallest absolute Gasteiger partial charge is 0.406 e. The van der Waals surface area contributed by atoms with Gasteiger partial charge in [-0.1, -0.05) is 61.2 Å². The van der Waals surface area contributed by atoms with Crippen LogP contribution >= 0.6 is 11.8 Å². The van der Waals surface area contributed by atoms with Crippen molar-refractivity contribution in [3.63, 3.8) is 0 Å². The lowest BCUT2D eigenvalue weighted by molar-refractivity contribution is -0.274. The van der Waals surface area contributed by atoms with Gasteiger partial charge in [-0.15, -0.1) is 18.3 Å². The number of hydrogen-bond donors (Lipinski definition) is 1. The van der Waals surface area contributed by atoms with E-state index in [4.69, 9.17) is 0 Å². The van der Waals surface area contributed by atoms with Crippen LogP contribution in [0.2, 0.25) is 0 Å². The zero-order valence-corrected chi connectivity index (χ0v) is 25.2. The zero-order chi connectivity index (χ0) is 31.3. The maximum atomic E-state index is 12.9. The molecule has 1 fully saturated rings. The molecule has 0 radical (unpaired) electrons. The highest BCUT2D eigenvalue weighted by Gasteiger charge is 2.31. The second-order valence-electron chi connectivity index (χ2n) is 10.2. The number of aliphatic imine (C=N–C) groups is 1. The SMILES string of the molecule is CCc1ccccc1N1C(=NC(=O)N/C(C)=C/c2ccc(-c3ncn(-c4ccc(OC(F)(F)F)cc4)n3)cc2)SCCC1C. The van der Waals surface area contributed by atoms with Crippen molar-refractivity contribution in [2.75, 3.05) is 10.7 Å². The van der Waals surface area contributed by atoms with Crippen LogP contribution in [0.25, 0.3) is 23.2 Å². The van der Waals surface area contributed by atoms with Crippen LogP contribution in [0.5, 0.6) is 5.75 Å². The van der Waals surface area contributed by atoms with Crippen molar-refractivity contribution in [1.29, 1.82) is 0 Å². The number of anilines is 1. The fraction of sp³-hybridized carbons (Fsp3) is 0.250. The Hall–Kier alpha value is -4.58. The fourth-order valence-corrected chi connectivity index (χ4v) is 6.00. The summed E-state index contributed by atoms with van der Waals surface area (Å²) in [7, 11) is 0. The molecule has 5 rings (SSSR count). The molecule has 1 atom stereocenters. The molecule has 4 aromatic rings. The minimum Gasteiger partial charge on any atom is -0.406 e. The summed E-state index contributed by atoms with van der Waals surface area (Å²) < 4.78 is 42.6. The maximum Gasteiger partial charge on any atom is 0.573 e. The number of allylic oxidation sites excluding steroid dienone is 1. The van der Waals surface area contributed by atoms with Crippen molar-refractivity contribution >= 4 is 34.7 Å². The lowest BCUT2D eigenvalue weighted by atomic mass is 10.1.